The SMILES string of the molecule is CCC(CC)NC(=O)Nc1ccc(Oc2ccc(NC(=O)c3ccc(OC4CC5CCC(C4)N5CCCOC)cc3)cc2)c(OC)c1. The molecule has 0 aromatic heterocycles. The molecule has 3 N–H and O–H groups in total. The lowest BCUT2D eigenvalue weighted by Crippen LogP contribution is -2.46. The van der Waals surface area contributed by atoms with Gasteiger partial charge in [0.25, 0.3) is 5.91 Å². The maximum Gasteiger partial charge on any atom is 0.319 e. The average molecular weight is 645 g/mol. The van der Waals surface area contributed by atoms with Gasteiger partial charge >= 0.3 is 6.03 Å². The number of anilines is 2. The summed E-state index contributed by atoms with van der Waals surface area (Å²) < 4.78 is 23.1. The number of rotatable bonds is 15. The van der Waals surface area contributed by atoms with Crippen molar-refractivity contribution in [3.63, 3.8) is 0 Å². The lowest BCUT2D eigenvalue weighted by atomic mass is 9.99. The molecule has 2 bridgehead atoms. The third kappa shape index (κ3) is 9.17. The van der Waals surface area contributed by atoms with E-state index in [4.69, 9.17) is 18.9 Å². The summed E-state index contributed by atoms with van der Waals surface area (Å²) >= 11 is 0. The third-order valence-corrected chi connectivity index (χ3v) is 9.11. The lowest BCUT2D eigenvalue weighted by molar-refractivity contribution is 0.0439. The Bertz CT molecular complexity index is 1450. The maximum atomic E-state index is 13.0. The van der Waals surface area contributed by atoms with Crippen molar-refractivity contribution in [1.29, 1.82) is 0 Å². The number of piperidine rings is 1. The zero-order valence-electron chi connectivity index (χ0n) is 27.9. The standard InChI is InChI=1S/C37H48N4O6/c1-5-26(6-2)39-37(43)40-28-12-19-34(35(22-28)45-4)47-32-17-10-27(11-18-32)38-36(42)25-8-15-31(16-9-25)46-33-23-29-13-14-30(24-33)41(29)20-7-21-44-3/h8-12,15-19,22,26,29-30,33H,5-7,13-14,20-21,23-24H2,1-4H3,(H,38,42)(H2,39,40,43). The van der Waals surface area contributed by atoms with E-state index in [9.17, 15) is 9.59 Å². The highest BCUT2D eigenvalue weighted by atomic mass is 16.5. The number of amides is 3. The molecular weight excluding hydrogens is 596 g/mol. The van der Waals surface area contributed by atoms with Crippen molar-refractivity contribution in [2.75, 3.05) is 38.0 Å². The number of nitrogens with zero attached hydrogens (tertiary/aromatic N) is 1. The number of hydrogen-bond acceptors (Lipinski definition) is 7. The fraction of sp³-hybridized carbons (Fsp3) is 0.459. The van der Waals surface area contributed by atoms with Crippen LogP contribution in [0.3, 0.4) is 0 Å². The summed E-state index contributed by atoms with van der Waals surface area (Å²) in [7, 11) is 3.31. The maximum absolute atomic E-state index is 13.0. The van der Waals surface area contributed by atoms with E-state index in [0.29, 0.717) is 46.3 Å². The molecule has 0 saturated carbocycles. The minimum absolute atomic E-state index is 0.123. The Morgan fingerprint density at radius 1 is 0.830 bits per heavy atom. The first-order chi connectivity index (χ1) is 22.9. The third-order valence-electron chi connectivity index (χ3n) is 9.11. The molecular formula is C37H48N4O6. The molecule has 0 radical (unpaired) electrons. The summed E-state index contributed by atoms with van der Waals surface area (Å²) in [4.78, 5) is 27.9. The Morgan fingerprint density at radius 3 is 2.13 bits per heavy atom. The van der Waals surface area contributed by atoms with Crippen LogP contribution in [-0.2, 0) is 4.74 Å². The molecule has 3 aromatic carbocycles. The molecule has 0 spiro atoms. The van der Waals surface area contributed by atoms with Gasteiger partial charge in [0.1, 0.15) is 17.6 Å². The second-order valence-corrected chi connectivity index (χ2v) is 12.3. The molecule has 252 valence electrons. The predicted octanol–water partition coefficient (Wildman–Crippen LogP) is 7.46. The summed E-state index contributed by atoms with van der Waals surface area (Å²) in [5, 5.41) is 8.74. The number of carbonyl (C=O) groups excluding carboxylic acids is 2. The van der Waals surface area contributed by atoms with Crippen molar-refractivity contribution >= 4 is 23.3 Å². The molecule has 2 heterocycles. The summed E-state index contributed by atoms with van der Waals surface area (Å²) in [6.07, 6.45) is 7.55. The highest BCUT2D eigenvalue weighted by Crippen LogP contribution is 2.38. The van der Waals surface area contributed by atoms with Crippen LogP contribution in [0.2, 0.25) is 0 Å². The normalized spacial score (nSPS) is 18.9. The zero-order valence-corrected chi connectivity index (χ0v) is 27.9. The van der Waals surface area contributed by atoms with E-state index in [1.54, 1.807) is 68.8 Å². The van der Waals surface area contributed by atoms with Gasteiger partial charge in [0.05, 0.1) is 7.11 Å². The number of benzene rings is 3. The molecule has 2 saturated heterocycles. The van der Waals surface area contributed by atoms with Gasteiger partial charge in [0, 0.05) is 61.4 Å². The van der Waals surface area contributed by atoms with Crippen molar-refractivity contribution in [2.24, 2.45) is 0 Å². The second-order valence-electron chi connectivity index (χ2n) is 12.3. The number of carbonyl (C=O) groups is 2. The van der Waals surface area contributed by atoms with Crippen LogP contribution in [0.5, 0.6) is 23.0 Å². The fourth-order valence-corrected chi connectivity index (χ4v) is 6.57. The number of ether oxygens (including phenoxy) is 4. The van der Waals surface area contributed by atoms with E-state index < -0.39 is 0 Å². The average Bonchev–Trinajstić information content (AvgIpc) is 3.32. The number of nitrogens with one attached hydrogen (secondary N) is 3. The summed E-state index contributed by atoms with van der Waals surface area (Å²) in [5.74, 6) is 2.14. The number of urea groups is 1. The van der Waals surface area contributed by atoms with Crippen molar-refractivity contribution in [3.05, 3.63) is 72.3 Å². The van der Waals surface area contributed by atoms with Crippen LogP contribution in [0.15, 0.2) is 66.7 Å². The second kappa shape index (κ2) is 16.5. The Kier molecular flexibility index (Phi) is 12.0. The van der Waals surface area contributed by atoms with E-state index in [0.717, 1.165) is 51.0 Å². The zero-order chi connectivity index (χ0) is 33.2. The monoisotopic (exact) mass is 644 g/mol. The summed E-state index contributed by atoms with van der Waals surface area (Å²) in [5.41, 5.74) is 1.79. The Balaban J connectivity index is 1.10. The molecule has 47 heavy (non-hydrogen) atoms. The Morgan fingerprint density at radius 2 is 1.49 bits per heavy atom. The van der Waals surface area contributed by atoms with Gasteiger partial charge in [-0.05, 0) is 106 Å². The van der Waals surface area contributed by atoms with Crippen LogP contribution in [0.25, 0.3) is 0 Å². The van der Waals surface area contributed by atoms with E-state index in [-0.39, 0.29) is 24.1 Å². The molecule has 3 aromatic rings. The Labute approximate surface area is 278 Å². The van der Waals surface area contributed by atoms with Gasteiger partial charge in [-0.3, -0.25) is 9.69 Å². The summed E-state index contributed by atoms with van der Waals surface area (Å²) in [6.45, 7) is 5.98. The number of fused-ring (bicyclic) bond motifs is 2. The van der Waals surface area contributed by atoms with E-state index >= 15 is 0 Å². The number of methoxy groups -OCH3 is 2. The highest BCUT2D eigenvalue weighted by molar-refractivity contribution is 6.04. The van der Waals surface area contributed by atoms with E-state index in [1.165, 1.54) is 12.8 Å². The highest BCUT2D eigenvalue weighted by Gasteiger charge is 2.41. The van der Waals surface area contributed by atoms with Crippen molar-refractivity contribution in [1.82, 2.24) is 10.2 Å². The van der Waals surface area contributed by atoms with Crippen molar-refractivity contribution in [3.8, 4) is 23.0 Å². The molecule has 10 nitrogen and oxygen atoms in total. The molecule has 5 rings (SSSR count). The first-order valence-corrected chi connectivity index (χ1v) is 16.7. The van der Waals surface area contributed by atoms with Gasteiger partial charge < -0.3 is 34.9 Å². The van der Waals surface area contributed by atoms with Crippen LogP contribution >= 0.6 is 0 Å². The van der Waals surface area contributed by atoms with E-state index in [1.807, 2.05) is 26.0 Å². The van der Waals surface area contributed by atoms with Gasteiger partial charge in [0.2, 0.25) is 0 Å². The van der Waals surface area contributed by atoms with Gasteiger partial charge in [-0.25, -0.2) is 4.79 Å². The fourth-order valence-electron chi connectivity index (χ4n) is 6.57. The van der Waals surface area contributed by atoms with Gasteiger partial charge in [0.15, 0.2) is 11.5 Å². The van der Waals surface area contributed by atoms with Crippen LogP contribution < -0.4 is 30.2 Å². The molecule has 0 aliphatic carbocycles. The molecule has 2 unspecified atom stereocenters. The summed E-state index contributed by atoms with van der Waals surface area (Å²) in [6, 6.07) is 20.7. The van der Waals surface area contributed by atoms with E-state index in [2.05, 4.69) is 20.9 Å². The van der Waals surface area contributed by atoms with Gasteiger partial charge in [-0.15, -0.1) is 0 Å². The molecule has 10 heteroatoms. The Hall–Kier alpha value is -4.28. The molecule has 2 aliphatic rings. The largest absolute Gasteiger partial charge is 0.493 e. The van der Waals surface area contributed by atoms with Crippen LogP contribution in [0.1, 0.15) is 69.2 Å². The molecule has 2 aliphatic heterocycles. The quantitative estimate of drug-likeness (QED) is 0.147. The first kappa shape index (κ1) is 34.1. The lowest BCUT2D eigenvalue weighted by Gasteiger charge is -2.38. The smallest absolute Gasteiger partial charge is 0.319 e. The minimum Gasteiger partial charge on any atom is -0.493 e. The van der Waals surface area contributed by atoms with Gasteiger partial charge in [-0.1, -0.05) is 13.8 Å². The number of hydrogen-bond donors (Lipinski definition) is 3. The van der Waals surface area contributed by atoms with Crippen LogP contribution in [0, 0.1) is 0 Å². The van der Waals surface area contributed by atoms with Crippen molar-refractivity contribution < 1.29 is 28.5 Å². The van der Waals surface area contributed by atoms with Crippen LogP contribution in [0.4, 0.5) is 16.2 Å². The first-order valence-electron chi connectivity index (χ1n) is 16.7. The van der Waals surface area contributed by atoms with Crippen LogP contribution in [-0.4, -0.2) is 68.4 Å². The minimum atomic E-state index is -0.260. The molecule has 2 atom stereocenters. The molecule has 2 fully saturated rings. The molecule has 3 amide bonds. The van der Waals surface area contributed by atoms with Gasteiger partial charge in [-0.2, -0.15) is 0 Å². The van der Waals surface area contributed by atoms with Crippen molar-refractivity contribution in [2.45, 2.75) is 83.0 Å². The predicted molar refractivity (Wildman–Crippen MR) is 184 cm³/mol. The topological polar surface area (TPSA) is 110 Å².